The molecule has 0 saturated heterocycles. The van der Waals surface area contributed by atoms with Crippen LogP contribution in [0.15, 0.2) is 18.2 Å². The summed E-state index contributed by atoms with van der Waals surface area (Å²) in [4.78, 5) is 0. The summed E-state index contributed by atoms with van der Waals surface area (Å²) in [6.07, 6.45) is 1.25. The highest BCUT2D eigenvalue weighted by atomic mass is 35.5. The van der Waals surface area contributed by atoms with Gasteiger partial charge in [-0.1, -0.05) is 23.2 Å². The summed E-state index contributed by atoms with van der Waals surface area (Å²) in [5, 5.41) is 10.1. The van der Waals surface area contributed by atoms with Gasteiger partial charge in [0.05, 0.1) is 17.7 Å². The highest BCUT2D eigenvalue weighted by Gasteiger charge is 2.02. The van der Waals surface area contributed by atoms with Gasteiger partial charge in [-0.3, -0.25) is 0 Å². The summed E-state index contributed by atoms with van der Waals surface area (Å²) in [6, 6.07) is 5.12. The molecular formula is C11H14Cl2O2. The molecule has 0 spiro atoms. The minimum Gasteiger partial charge on any atom is -0.492 e. The second kappa shape index (κ2) is 6.21. The number of ether oxygens (including phenoxy) is 1. The molecule has 0 aliphatic carbocycles. The zero-order chi connectivity index (χ0) is 11.3. The van der Waals surface area contributed by atoms with Crippen LogP contribution in [0.4, 0.5) is 0 Å². The van der Waals surface area contributed by atoms with E-state index in [-0.39, 0.29) is 6.10 Å². The van der Waals surface area contributed by atoms with Gasteiger partial charge in [-0.15, -0.1) is 0 Å². The second-order valence-electron chi connectivity index (χ2n) is 3.41. The molecule has 0 fully saturated rings. The van der Waals surface area contributed by atoms with Crippen molar-refractivity contribution in [3.05, 3.63) is 28.2 Å². The number of benzene rings is 1. The lowest BCUT2D eigenvalue weighted by Crippen LogP contribution is -2.04. The number of hydrogen-bond acceptors (Lipinski definition) is 2. The van der Waals surface area contributed by atoms with Crippen LogP contribution in [-0.4, -0.2) is 17.8 Å². The maximum atomic E-state index is 9.04. The summed E-state index contributed by atoms with van der Waals surface area (Å²) in [6.45, 7) is 2.31. The summed E-state index contributed by atoms with van der Waals surface area (Å²) in [7, 11) is 0. The molecule has 1 unspecified atom stereocenters. The zero-order valence-corrected chi connectivity index (χ0v) is 10.1. The normalized spacial score (nSPS) is 12.5. The summed E-state index contributed by atoms with van der Waals surface area (Å²) < 4.78 is 5.44. The summed E-state index contributed by atoms with van der Waals surface area (Å²) >= 11 is 11.7. The van der Waals surface area contributed by atoms with Gasteiger partial charge in [0.15, 0.2) is 0 Å². The number of halogens is 2. The molecule has 0 radical (unpaired) electrons. The molecule has 0 aliphatic heterocycles. The van der Waals surface area contributed by atoms with E-state index in [4.69, 9.17) is 33.0 Å². The van der Waals surface area contributed by atoms with Gasteiger partial charge in [0.1, 0.15) is 5.75 Å². The van der Waals surface area contributed by atoms with Crippen LogP contribution >= 0.6 is 23.2 Å². The van der Waals surface area contributed by atoms with Crippen LogP contribution in [0.5, 0.6) is 5.75 Å². The Morgan fingerprint density at radius 1 is 1.40 bits per heavy atom. The Balaban J connectivity index is 2.37. The van der Waals surface area contributed by atoms with E-state index in [2.05, 4.69) is 0 Å². The van der Waals surface area contributed by atoms with Crippen LogP contribution < -0.4 is 4.74 Å². The largest absolute Gasteiger partial charge is 0.492 e. The van der Waals surface area contributed by atoms with Gasteiger partial charge in [-0.25, -0.2) is 0 Å². The fraction of sp³-hybridized carbons (Fsp3) is 0.455. The smallest absolute Gasteiger partial charge is 0.137 e. The molecule has 1 rings (SSSR count). The molecule has 0 saturated carbocycles. The van der Waals surface area contributed by atoms with E-state index >= 15 is 0 Å². The maximum absolute atomic E-state index is 9.04. The number of rotatable bonds is 5. The van der Waals surface area contributed by atoms with E-state index in [1.54, 1.807) is 25.1 Å². The van der Waals surface area contributed by atoms with Crippen molar-refractivity contribution in [2.45, 2.75) is 25.9 Å². The van der Waals surface area contributed by atoms with E-state index in [0.29, 0.717) is 22.4 Å². The molecule has 1 N–H and O–H groups in total. The average Bonchev–Trinajstić information content (AvgIpc) is 2.14. The number of aliphatic hydroxyl groups is 1. The SMILES string of the molecule is CC(O)CCCOc1ccc(Cl)cc1Cl. The zero-order valence-electron chi connectivity index (χ0n) is 8.54. The van der Waals surface area contributed by atoms with Crippen molar-refractivity contribution in [3.63, 3.8) is 0 Å². The Hall–Kier alpha value is -0.440. The van der Waals surface area contributed by atoms with Gasteiger partial charge in [-0.05, 0) is 38.0 Å². The van der Waals surface area contributed by atoms with Crippen molar-refractivity contribution in [1.29, 1.82) is 0 Å². The Labute approximate surface area is 99.8 Å². The molecule has 84 valence electrons. The molecule has 0 amide bonds. The van der Waals surface area contributed by atoms with Crippen LogP contribution in [0.1, 0.15) is 19.8 Å². The van der Waals surface area contributed by atoms with Crippen molar-refractivity contribution in [2.75, 3.05) is 6.61 Å². The third-order valence-corrected chi connectivity index (χ3v) is 2.45. The van der Waals surface area contributed by atoms with Crippen LogP contribution in [0.3, 0.4) is 0 Å². The second-order valence-corrected chi connectivity index (χ2v) is 4.26. The molecular weight excluding hydrogens is 235 g/mol. The molecule has 15 heavy (non-hydrogen) atoms. The van der Waals surface area contributed by atoms with Crippen LogP contribution in [0, 0.1) is 0 Å². The monoisotopic (exact) mass is 248 g/mol. The van der Waals surface area contributed by atoms with Crippen LogP contribution in [0.2, 0.25) is 10.0 Å². The number of aliphatic hydroxyl groups excluding tert-OH is 1. The van der Waals surface area contributed by atoms with E-state index in [9.17, 15) is 0 Å². The van der Waals surface area contributed by atoms with E-state index in [1.807, 2.05) is 0 Å². The maximum Gasteiger partial charge on any atom is 0.137 e. The lowest BCUT2D eigenvalue weighted by Gasteiger charge is -2.08. The molecule has 0 bridgehead atoms. The standard InChI is InChI=1S/C11H14Cl2O2/c1-8(14)3-2-6-15-11-5-4-9(12)7-10(11)13/h4-5,7-8,14H,2-3,6H2,1H3. The quantitative estimate of drug-likeness (QED) is 0.809. The number of hydrogen-bond donors (Lipinski definition) is 1. The minimum atomic E-state index is -0.283. The Morgan fingerprint density at radius 3 is 2.73 bits per heavy atom. The van der Waals surface area contributed by atoms with Gasteiger partial charge < -0.3 is 9.84 Å². The molecule has 1 aromatic carbocycles. The highest BCUT2D eigenvalue weighted by Crippen LogP contribution is 2.27. The lowest BCUT2D eigenvalue weighted by molar-refractivity contribution is 0.170. The fourth-order valence-corrected chi connectivity index (χ4v) is 1.62. The van der Waals surface area contributed by atoms with Gasteiger partial charge in [0.2, 0.25) is 0 Å². The van der Waals surface area contributed by atoms with Crippen molar-refractivity contribution in [3.8, 4) is 5.75 Å². The first-order valence-electron chi connectivity index (χ1n) is 4.85. The molecule has 1 atom stereocenters. The first kappa shape index (κ1) is 12.6. The average molecular weight is 249 g/mol. The topological polar surface area (TPSA) is 29.5 Å². The van der Waals surface area contributed by atoms with Gasteiger partial charge in [-0.2, -0.15) is 0 Å². The van der Waals surface area contributed by atoms with E-state index in [0.717, 1.165) is 12.8 Å². The van der Waals surface area contributed by atoms with Gasteiger partial charge >= 0.3 is 0 Å². The first-order valence-corrected chi connectivity index (χ1v) is 5.61. The highest BCUT2D eigenvalue weighted by molar-refractivity contribution is 6.35. The van der Waals surface area contributed by atoms with E-state index < -0.39 is 0 Å². The summed E-state index contributed by atoms with van der Waals surface area (Å²) in [5.74, 6) is 0.631. The van der Waals surface area contributed by atoms with E-state index in [1.165, 1.54) is 0 Å². The third-order valence-electron chi connectivity index (χ3n) is 1.92. The molecule has 0 heterocycles. The Kier molecular flexibility index (Phi) is 5.23. The Bertz CT molecular complexity index is 313. The van der Waals surface area contributed by atoms with Crippen molar-refractivity contribution < 1.29 is 9.84 Å². The lowest BCUT2D eigenvalue weighted by atomic mass is 10.2. The fourth-order valence-electron chi connectivity index (χ4n) is 1.15. The predicted molar refractivity (Wildman–Crippen MR) is 62.9 cm³/mol. The molecule has 2 nitrogen and oxygen atoms in total. The van der Waals surface area contributed by atoms with Crippen LogP contribution in [0.25, 0.3) is 0 Å². The molecule has 0 aromatic heterocycles. The minimum absolute atomic E-state index is 0.283. The van der Waals surface area contributed by atoms with Crippen molar-refractivity contribution >= 4 is 23.2 Å². The third kappa shape index (κ3) is 4.74. The molecule has 1 aromatic rings. The van der Waals surface area contributed by atoms with Crippen LogP contribution in [-0.2, 0) is 0 Å². The van der Waals surface area contributed by atoms with Crippen molar-refractivity contribution in [2.24, 2.45) is 0 Å². The van der Waals surface area contributed by atoms with Gasteiger partial charge in [0.25, 0.3) is 0 Å². The molecule has 0 aliphatic rings. The molecule has 4 heteroatoms. The van der Waals surface area contributed by atoms with Gasteiger partial charge in [0, 0.05) is 5.02 Å². The van der Waals surface area contributed by atoms with Crippen molar-refractivity contribution in [1.82, 2.24) is 0 Å². The summed E-state index contributed by atoms with van der Waals surface area (Å²) in [5.41, 5.74) is 0. The predicted octanol–water partition coefficient (Wildman–Crippen LogP) is 3.53. The Morgan fingerprint density at radius 2 is 2.13 bits per heavy atom. The first-order chi connectivity index (χ1) is 7.09.